The zero-order valence-corrected chi connectivity index (χ0v) is 16.0. The average molecular weight is 409 g/mol. The standard InChI is InChI=1S/C18H21BrN2O4/c1-12-6-7-16(14(19)11-12)25-13(2)17(22)21-15-5-4-8-20-18(15)24-10-9-23-3/h4-8,11,13H,9-10H2,1-3H3,(H,21,22). The number of pyridine rings is 1. The summed E-state index contributed by atoms with van der Waals surface area (Å²) < 4.78 is 17.0. The molecule has 1 amide bonds. The summed E-state index contributed by atoms with van der Waals surface area (Å²) >= 11 is 3.44. The molecule has 1 atom stereocenters. The van der Waals surface area contributed by atoms with Crippen molar-refractivity contribution in [1.29, 1.82) is 0 Å². The maximum atomic E-state index is 12.4. The fourth-order valence-electron chi connectivity index (χ4n) is 2.00. The highest BCUT2D eigenvalue weighted by atomic mass is 79.9. The maximum Gasteiger partial charge on any atom is 0.265 e. The van der Waals surface area contributed by atoms with Gasteiger partial charge in [0.15, 0.2) is 6.10 Å². The van der Waals surface area contributed by atoms with Gasteiger partial charge in [-0.25, -0.2) is 4.98 Å². The van der Waals surface area contributed by atoms with Gasteiger partial charge in [0.05, 0.1) is 11.1 Å². The molecule has 1 heterocycles. The van der Waals surface area contributed by atoms with E-state index in [-0.39, 0.29) is 5.91 Å². The molecule has 1 aromatic heterocycles. The molecule has 0 bridgehead atoms. The van der Waals surface area contributed by atoms with Gasteiger partial charge in [-0.1, -0.05) is 6.07 Å². The van der Waals surface area contributed by atoms with E-state index >= 15 is 0 Å². The Labute approximate surface area is 155 Å². The lowest BCUT2D eigenvalue weighted by Crippen LogP contribution is -2.30. The van der Waals surface area contributed by atoms with Crippen LogP contribution in [-0.2, 0) is 9.53 Å². The lowest BCUT2D eigenvalue weighted by Gasteiger charge is -2.17. The van der Waals surface area contributed by atoms with Crippen molar-refractivity contribution >= 4 is 27.5 Å². The summed E-state index contributed by atoms with van der Waals surface area (Å²) in [4.78, 5) is 16.5. The molecule has 7 heteroatoms. The molecule has 2 aromatic rings. The number of hydrogen-bond donors (Lipinski definition) is 1. The Hall–Kier alpha value is -2.12. The average Bonchev–Trinajstić information content (AvgIpc) is 2.59. The fourth-order valence-corrected chi connectivity index (χ4v) is 2.59. The number of anilines is 1. The van der Waals surface area contributed by atoms with Crippen LogP contribution in [0.3, 0.4) is 0 Å². The number of aromatic nitrogens is 1. The number of benzene rings is 1. The first kappa shape index (κ1) is 19.2. The molecule has 0 aliphatic rings. The van der Waals surface area contributed by atoms with Crippen LogP contribution in [0.5, 0.6) is 11.6 Å². The lowest BCUT2D eigenvalue weighted by molar-refractivity contribution is -0.122. The summed E-state index contributed by atoms with van der Waals surface area (Å²) in [6, 6.07) is 9.13. The van der Waals surface area contributed by atoms with Crippen LogP contribution < -0.4 is 14.8 Å². The topological polar surface area (TPSA) is 69.7 Å². The number of nitrogens with one attached hydrogen (secondary N) is 1. The summed E-state index contributed by atoms with van der Waals surface area (Å²) in [5.41, 5.74) is 1.59. The molecule has 134 valence electrons. The first-order valence-corrected chi connectivity index (χ1v) is 8.61. The molecule has 25 heavy (non-hydrogen) atoms. The number of nitrogens with zero attached hydrogens (tertiary/aromatic N) is 1. The van der Waals surface area contributed by atoms with E-state index in [9.17, 15) is 4.79 Å². The third kappa shape index (κ3) is 5.72. The summed E-state index contributed by atoms with van der Waals surface area (Å²) in [6.45, 7) is 4.45. The third-order valence-electron chi connectivity index (χ3n) is 3.32. The summed E-state index contributed by atoms with van der Waals surface area (Å²) in [6.07, 6.45) is 0.909. The van der Waals surface area contributed by atoms with Crippen molar-refractivity contribution in [3.63, 3.8) is 0 Å². The van der Waals surface area contributed by atoms with Crippen molar-refractivity contribution in [2.75, 3.05) is 25.6 Å². The van der Waals surface area contributed by atoms with Crippen molar-refractivity contribution in [3.05, 3.63) is 46.6 Å². The second kappa shape index (κ2) is 9.39. The van der Waals surface area contributed by atoms with Gasteiger partial charge in [-0.15, -0.1) is 0 Å². The Morgan fingerprint density at radius 3 is 2.84 bits per heavy atom. The molecule has 0 fully saturated rings. The van der Waals surface area contributed by atoms with Gasteiger partial charge in [0.2, 0.25) is 5.88 Å². The molecule has 0 spiro atoms. The molecule has 0 saturated heterocycles. The quantitative estimate of drug-likeness (QED) is 0.675. The highest BCUT2D eigenvalue weighted by Gasteiger charge is 2.18. The minimum Gasteiger partial charge on any atom is -0.480 e. The van der Waals surface area contributed by atoms with Gasteiger partial charge in [0.25, 0.3) is 5.91 Å². The van der Waals surface area contributed by atoms with Crippen molar-refractivity contribution in [2.45, 2.75) is 20.0 Å². The Bertz CT molecular complexity index is 724. The van der Waals surface area contributed by atoms with Crippen LogP contribution in [0.1, 0.15) is 12.5 Å². The first-order chi connectivity index (χ1) is 12.0. The number of aryl methyl sites for hydroxylation is 1. The zero-order valence-electron chi connectivity index (χ0n) is 14.4. The van der Waals surface area contributed by atoms with Gasteiger partial charge >= 0.3 is 0 Å². The lowest BCUT2D eigenvalue weighted by atomic mass is 10.2. The van der Waals surface area contributed by atoms with Crippen LogP contribution in [0, 0.1) is 6.92 Å². The fraction of sp³-hybridized carbons (Fsp3) is 0.333. The second-order valence-corrected chi connectivity index (χ2v) is 6.23. The van der Waals surface area contributed by atoms with Crippen LogP contribution in [0.4, 0.5) is 5.69 Å². The number of hydrogen-bond acceptors (Lipinski definition) is 5. The van der Waals surface area contributed by atoms with E-state index in [1.165, 1.54) is 0 Å². The number of ether oxygens (including phenoxy) is 3. The molecule has 1 N–H and O–H groups in total. The zero-order chi connectivity index (χ0) is 18.2. The number of rotatable bonds is 8. The monoisotopic (exact) mass is 408 g/mol. The Morgan fingerprint density at radius 2 is 2.12 bits per heavy atom. The van der Waals surface area contributed by atoms with Gasteiger partial charge < -0.3 is 19.5 Å². The van der Waals surface area contributed by atoms with Gasteiger partial charge in [-0.05, 0) is 59.6 Å². The number of carbonyl (C=O) groups excluding carboxylic acids is 1. The summed E-state index contributed by atoms with van der Waals surface area (Å²) in [5.74, 6) is 0.657. The van der Waals surface area contributed by atoms with Crippen molar-refractivity contribution in [1.82, 2.24) is 4.98 Å². The molecule has 2 rings (SSSR count). The van der Waals surface area contributed by atoms with E-state index in [4.69, 9.17) is 14.2 Å². The predicted molar refractivity (Wildman–Crippen MR) is 99.2 cm³/mol. The van der Waals surface area contributed by atoms with E-state index < -0.39 is 6.10 Å². The summed E-state index contributed by atoms with van der Waals surface area (Å²) in [5, 5.41) is 2.78. The smallest absolute Gasteiger partial charge is 0.265 e. The van der Waals surface area contributed by atoms with E-state index in [2.05, 4.69) is 26.2 Å². The molecule has 0 saturated carbocycles. The van der Waals surface area contributed by atoms with E-state index in [0.717, 1.165) is 10.0 Å². The van der Waals surface area contributed by atoms with E-state index in [0.29, 0.717) is 30.5 Å². The number of methoxy groups -OCH3 is 1. The number of halogens is 1. The third-order valence-corrected chi connectivity index (χ3v) is 3.94. The van der Waals surface area contributed by atoms with Crippen LogP contribution >= 0.6 is 15.9 Å². The van der Waals surface area contributed by atoms with Gasteiger partial charge in [-0.3, -0.25) is 4.79 Å². The molecule has 0 radical (unpaired) electrons. The van der Waals surface area contributed by atoms with Crippen LogP contribution in [0.25, 0.3) is 0 Å². The van der Waals surface area contributed by atoms with Crippen LogP contribution in [0.15, 0.2) is 41.0 Å². The van der Waals surface area contributed by atoms with Crippen LogP contribution in [0.2, 0.25) is 0 Å². The minimum atomic E-state index is -0.689. The Morgan fingerprint density at radius 1 is 1.32 bits per heavy atom. The number of carbonyl (C=O) groups is 1. The SMILES string of the molecule is COCCOc1ncccc1NC(=O)C(C)Oc1ccc(C)cc1Br. The molecule has 0 aliphatic carbocycles. The molecule has 1 unspecified atom stereocenters. The predicted octanol–water partition coefficient (Wildman–Crippen LogP) is 3.58. The molecule has 6 nitrogen and oxygen atoms in total. The largest absolute Gasteiger partial charge is 0.480 e. The molecular formula is C18H21BrN2O4. The molecule has 1 aromatic carbocycles. The van der Waals surface area contributed by atoms with Crippen molar-refractivity contribution in [3.8, 4) is 11.6 Å². The number of amides is 1. The van der Waals surface area contributed by atoms with E-state index in [1.54, 1.807) is 32.4 Å². The Kier molecular flexibility index (Phi) is 7.21. The van der Waals surface area contributed by atoms with Crippen molar-refractivity contribution < 1.29 is 19.0 Å². The maximum absolute atomic E-state index is 12.4. The molecular weight excluding hydrogens is 388 g/mol. The first-order valence-electron chi connectivity index (χ1n) is 7.81. The van der Waals surface area contributed by atoms with Gasteiger partial charge in [-0.2, -0.15) is 0 Å². The van der Waals surface area contributed by atoms with Gasteiger partial charge in [0, 0.05) is 13.3 Å². The minimum absolute atomic E-state index is 0.294. The van der Waals surface area contributed by atoms with E-state index in [1.807, 2.05) is 25.1 Å². The van der Waals surface area contributed by atoms with Crippen molar-refractivity contribution in [2.24, 2.45) is 0 Å². The Balaban J connectivity index is 2.01. The molecule has 0 aliphatic heterocycles. The van der Waals surface area contributed by atoms with Crippen LogP contribution in [-0.4, -0.2) is 37.3 Å². The normalized spacial score (nSPS) is 11.7. The summed E-state index contributed by atoms with van der Waals surface area (Å²) in [7, 11) is 1.59. The second-order valence-electron chi connectivity index (χ2n) is 5.38. The highest BCUT2D eigenvalue weighted by Crippen LogP contribution is 2.27. The highest BCUT2D eigenvalue weighted by molar-refractivity contribution is 9.10. The van der Waals surface area contributed by atoms with Gasteiger partial charge in [0.1, 0.15) is 18.0 Å².